The fraction of sp³-hybridized carbons (Fsp3) is 0.455. The predicted molar refractivity (Wildman–Crippen MR) is 123 cm³/mol. The number of pyridine rings is 1. The van der Waals surface area contributed by atoms with Crippen LogP contribution in [-0.4, -0.2) is 49.4 Å². The lowest BCUT2D eigenvalue weighted by Crippen LogP contribution is -2.39. The summed E-state index contributed by atoms with van der Waals surface area (Å²) in [5.41, 5.74) is 0.936. The Morgan fingerprint density at radius 2 is 2.12 bits per heavy atom. The number of hydrogen-bond acceptors (Lipinski definition) is 7. The number of carbonyl (C=O) groups is 1. The van der Waals surface area contributed by atoms with Crippen LogP contribution in [-0.2, 0) is 0 Å². The second-order valence-electron chi connectivity index (χ2n) is 8.41. The number of aliphatic hydroxyl groups is 1. The van der Waals surface area contributed by atoms with Gasteiger partial charge in [0.15, 0.2) is 5.65 Å². The van der Waals surface area contributed by atoms with Crippen molar-refractivity contribution in [2.45, 2.75) is 57.7 Å². The van der Waals surface area contributed by atoms with Gasteiger partial charge in [-0.3, -0.25) is 9.59 Å². The zero-order chi connectivity index (χ0) is 22.8. The summed E-state index contributed by atoms with van der Waals surface area (Å²) in [6.45, 7) is 3.88. The van der Waals surface area contributed by atoms with Gasteiger partial charge in [0.05, 0.1) is 12.3 Å². The van der Waals surface area contributed by atoms with Crippen LogP contribution in [0.5, 0.6) is 0 Å². The summed E-state index contributed by atoms with van der Waals surface area (Å²) in [5, 5.41) is 23.3. The number of anilines is 3. The average Bonchev–Trinajstić information content (AvgIpc) is 3.18. The Labute approximate surface area is 185 Å². The van der Waals surface area contributed by atoms with Crippen LogP contribution in [0.15, 0.2) is 35.4 Å². The standard InChI is InChI=1S/C22H29N7O3/c1-13(2)28-9-5-8-17(22(28)32)26-18-11-19(23-3)29-20(27-18)16(12-24-29)21(31)25-14-6-4-7-15(30)10-14/h5,8-9,11-15,23,30H,4,6-7,10H2,1-3H3,(H,25,31)(H,26,27)/t14-,15-/m0/s1. The van der Waals surface area contributed by atoms with Gasteiger partial charge in [0.25, 0.3) is 11.5 Å². The van der Waals surface area contributed by atoms with Gasteiger partial charge in [-0.2, -0.15) is 9.61 Å². The first-order valence-corrected chi connectivity index (χ1v) is 10.9. The highest BCUT2D eigenvalue weighted by Crippen LogP contribution is 2.22. The molecule has 10 heteroatoms. The van der Waals surface area contributed by atoms with Gasteiger partial charge in [0, 0.05) is 31.4 Å². The molecular weight excluding hydrogens is 410 g/mol. The second-order valence-corrected chi connectivity index (χ2v) is 8.41. The molecule has 1 aliphatic carbocycles. The highest BCUT2D eigenvalue weighted by molar-refractivity contribution is 6.00. The molecule has 10 nitrogen and oxygen atoms in total. The molecule has 3 aromatic rings. The molecule has 1 aliphatic rings. The van der Waals surface area contributed by atoms with Crippen LogP contribution in [0.25, 0.3) is 5.65 Å². The quantitative estimate of drug-likeness (QED) is 0.464. The predicted octanol–water partition coefficient (Wildman–Crippen LogP) is 2.29. The van der Waals surface area contributed by atoms with Crippen molar-refractivity contribution in [2.24, 2.45) is 0 Å². The van der Waals surface area contributed by atoms with Gasteiger partial charge in [0.2, 0.25) is 0 Å². The number of nitrogens with zero attached hydrogens (tertiary/aromatic N) is 4. The molecule has 3 aromatic heterocycles. The molecule has 3 heterocycles. The largest absolute Gasteiger partial charge is 0.393 e. The smallest absolute Gasteiger partial charge is 0.274 e. The molecule has 1 saturated carbocycles. The van der Waals surface area contributed by atoms with Crippen LogP contribution < -0.4 is 21.5 Å². The van der Waals surface area contributed by atoms with Gasteiger partial charge in [-0.1, -0.05) is 0 Å². The van der Waals surface area contributed by atoms with Gasteiger partial charge >= 0.3 is 0 Å². The molecule has 1 amide bonds. The van der Waals surface area contributed by atoms with Gasteiger partial charge in [-0.25, -0.2) is 4.98 Å². The molecular formula is C22H29N7O3. The van der Waals surface area contributed by atoms with E-state index in [-0.39, 0.29) is 29.7 Å². The van der Waals surface area contributed by atoms with E-state index >= 15 is 0 Å². The fourth-order valence-electron chi connectivity index (χ4n) is 4.07. The average molecular weight is 440 g/mol. The van der Waals surface area contributed by atoms with Gasteiger partial charge in [-0.15, -0.1) is 0 Å². The molecule has 0 spiro atoms. The number of carbonyl (C=O) groups excluding carboxylic acids is 1. The lowest BCUT2D eigenvalue weighted by Gasteiger charge is -2.26. The summed E-state index contributed by atoms with van der Waals surface area (Å²) in [6, 6.07) is 5.18. The summed E-state index contributed by atoms with van der Waals surface area (Å²) >= 11 is 0. The van der Waals surface area contributed by atoms with Gasteiger partial charge < -0.3 is 25.6 Å². The zero-order valence-electron chi connectivity index (χ0n) is 18.5. The molecule has 4 rings (SSSR count). The molecule has 1 fully saturated rings. The SMILES string of the molecule is CNc1cc(Nc2cccn(C(C)C)c2=O)nc2c(C(=O)N[C@H]3CCC[C@H](O)C3)cnn12. The minimum absolute atomic E-state index is 0.0241. The minimum atomic E-state index is -0.386. The highest BCUT2D eigenvalue weighted by atomic mass is 16.3. The molecule has 32 heavy (non-hydrogen) atoms. The maximum Gasteiger partial charge on any atom is 0.274 e. The lowest BCUT2D eigenvalue weighted by atomic mass is 9.93. The van der Waals surface area contributed by atoms with Crippen molar-refractivity contribution in [3.05, 3.63) is 46.5 Å². The maximum atomic E-state index is 13.0. The minimum Gasteiger partial charge on any atom is -0.393 e. The van der Waals surface area contributed by atoms with E-state index < -0.39 is 0 Å². The fourth-order valence-corrected chi connectivity index (χ4v) is 4.07. The number of aromatic nitrogens is 4. The summed E-state index contributed by atoms with van der Waals surface area (Å²) in [4.78, 5) is 30.3. The van der Waals surface area contributed by atoms with Crippen molar-refractivity contribution < 1.29 is 9.90 Å². The molecule has 0 radical (unpaired) electrons. The Morgan fingerprint density at radius 3 is 2.84 bits per heavy atom. The number of amides is 1. The molecule has 2 atom stereocenters. The van der Waals surface area contributed by atoms with Crippen molar-refractivity contribution in [3.8, 4) is 0 Å². The number of fused-ring (bicyclic) bond motifs is 1. The molecule has 170 valence electrons. The van der Waals surface area contributed by atoms with Crippen LogP contribution in [0.2, 0.25) is 0 Å². The van der Waals surface area contributed by atoms with Crippen molar-refractivity contribution >= 4 is 28.9 Å². The van der Waals surface area contributed by atoms with Crippen molar-refractivity contribution in [3.63, 3.8) is 0 Å². The third-order valence-electron chi connectivity index (χ3n) is 5.75. The molecule has 0 unspecified atom stereocenters. The third-order valence-corrected chi connectivity index (χ3v) is 5.75. The van der Waals surface area contributed by atoms with E-state index in [4.69, 9.17) is 0 Å². The summed E-state index contributed by atoms with van der Waals surface area (Å²) < 4.78 is 3.18. The monoisotopic (exact) mass is 439 g/mol. The summed E-state index contributed by atoms with van der Waals surface area (Å²) in [6.07, 6.45) is 5.86. The van der Waals surface area contributed by atoms with Crippen molar-refractivity contribution in [1.29, 1.82) is 0 Å². The molecule has 0 bridgehead atoms. The van der Waals surface area contributed by atoms with E-state index in [2.05, 4.69) is 26.0 Å². The van der Waals surface area contributed by atoms with Crippen molar-refractivity contribution in [2.75, 3.05) is 17.7 Å². The number of hydrogen-bond donors (Lipinski definition) is 4. The Morgan fingerprint density at radius 1 is 1.31 bits per heavy atom. The number of rotatable bonds is 6. The number of nitrogens with one attached hydrogen (secondary N) is 3. The third kappa shape index (κ3) is 4.31. The Balaban J connectivity index is 1.66. The molecule has 0 saturated heterocycles. The van der Waals surface area contributed by atoms with E-state index in [0.717, 1.165) is 19.3 Å². The Bertz CT molecular complexity index is 1180. The summed E-state index contributed by atoms with van der Waals surface area (Å²) in [7, 11) is 1.75. The molecule has 4 N–H and O–H groups in total. The number of aliphatic hydroxyl groups excluding tert-OH is 1. The first kappa shape index (κ1) is 21.8. The van der Waals surface area contributed by atoms with Crippen LogP contribution in [0.1, 0.15) is 55.9 Å². The Hall–Kier alpha value is -3.40. The second kappa shape index (κ2) is 8.99. The van der Waals surface area contributed by atoms with Gasteiger partial charge in [0.1, 0.15) is 22.9 Å². The van der Waals surface area contributed by atoms with Crippen LogP contribution in [0.3, 0.4) is 0 Å². The zero-order valence-corrected chi connectivity index (χ0v) is 18.5. The van der Waals surface area contributed by atoms with Crippen LogP contribution >= 0.6 is 0 Å². The first-order valence-electron chi connectivity index (χ1n) is 10.9. The normalized spacial score (nSPS) is 18.7. The summed E-state index contributed by atoms with van der Waals surface area (Å²) in [5.74, 6) is 0.750. The van der Waals surface area contributed by atoms with Crippen LogP contribution in [0.4, 0.5) is 17.3 Å². The van der Waals surface area contributed by atoms with E-state index in [1.54, 1.807) is 40.5 Å². The molecule has 0 aromatic carbocycles. The first-order chi connectivity index (χ1) is 15.4. The van der Waals surface area contributed by atoms with E-state index in [9.17, 15) is 14.7 Å². The topological polar surface area (TPSA) is 126 Å². The van der Waals surface area contributed by atoms with Crippen LogP contribution in [0, 0.1) is 0 Å². The van der Waals surface area contributed by atoms with E-state index in [0.29, 0.717) is 35.0 Å². The van der Waals surface area contributed by atoms with Crippen molar-refractivity contribution in [1.82, 2.24) is 24.5 Å². The Kier molecular flexibility index (Phi) is 6.13. The lowest BCUT2D eigenvalue weighted by molar-refractivity contribution is 0.0851. The van der Waals surface area contributed by atoms with Gasteiger partial charge in [-0.05, 0) is 51.7 Å². The molecule has 0 aliphatic heterocycles. The van der Waals surface area contributed by atoms with E-state index in [1.165, 1.54) is 6.20 Å². The maximum absolute atomic E-state index is 13.0. The van der Waals surface area contributed by atoms with E-state index in [1.807, 2.05) is 13.8 Å². The highest BCUT2D eigenvalue weighted by Gasteiger charge is 2.24.